The van der Waals surface area contributed by atoms with Gasteiger partial charge in [0.25, 0.3) is 0 Å². The van der Waals surface area contributed by atoms with E-state index < -0.39 is 11.9 Å². The van der Waals surface area contributed by atoms with Crippen LogP contribution in [0.5, 0.6) is 0 Å². The Labute approximate surface area is 189 Å². The molecule has 0 radical (unpaired) electrons. The quantitative estimate of drug-likeness (QED) is 0.622. The number of hydrogen-bond donors (Lipinski definition) is 1. The minimum Gasteiger partial charge on any atom is -0.368 e. The smallest absolute Gasteiger partial charge is 0.368 e. The second-order valence-electron chi connectivity index (χ2n) is 8.01. The number of amides is 1. The summed E-state index contributed by atoms with van der Waals surface area (Å²) in [5.41, 5.74) is 7.80. The van der Waals surface area contributed by atoms with Crippen molar-refractivity contribution in [3.8, 4) is 11.1 Å². The van der Waals surface area contributed by atoms with Gasteiger partial charge in [-0.1, -0.05) is 6.07 Å². The summed E-state index contributed by atoms with van der Waals surface area (Å²) in [6, 6.07) is 9.86. The van der Waals surface area contributed by atoms with Gasteiger partial charge in [-0.25, -0.2) is 15.0 Å². The molecule has 33 heavy (non-hydrogen) atoms. The number of nitrogens with two attached hydrogens (primary N) is 1. The van der Waals surface area contributed by atoms with Gasteiger partial charge in [-0.2, -0.15) is 13.2 Å². The largest absolute Gasteiger partial charge is 0.433 e. The average Bonchev–Trinajstić information content (AvgIpc) is 3.28. The van der Waals surface area contributed by atoms with Crippen molar-refractivity contribution in [3.63, 3.8) is 0 Å². The van der Waals surface area contributed by atoms with Crippen molar-refractivity contribution in [2.45, 2.75) is 32.0 Å². The molecule has 10 heteroatoms. The molecule has 0 bridgehead atoms. The Morgan fingerprint density at radius 3 is 2.61 bits per heavy atom. The number of rotatable bonds is 5. The first-order valence-electron chi connectivity index (χ1n) is 10.4. The van der Waals surface area contributed by atoms with Gasteiger partial charge >= 0.3 is 6.18 Å². The predicted octanol–water partition coefficient (Wildman–Crippen LogP) is 4.09. The number of hydrogen-bond acceptors (Lipinski definition) is 6. The first-order chi connectivity index (χ1) is 15.6. The zero-order chi connectivity index (χ0) is 23.8. The van der Waals surface area contributed by atoms with E-state index in [-0.39, 0.29) is 17.9 Å². The van der Waals surface area contributed by atoms with E-state index >= 15 is 0 Å². The maximum atomic E-state index is 13.1. The highest BCUT2D eigenvalue weighted by molar-refractivity contribution is 5.84. The maximum Gasteiger partial charge on any atom is 0.433 e. The number of anilines is 3. The van der Waals surface area contributed by atoms with Crippen LogP contribution in [-0.2, 0) is 11.0 Å². The molecule has 1 fully saturated rings. The summed E-state index contributed by atoms with van der Waals surface area (Å²) in [7, 11) is 1.62. The first kappa shape index (κ1) is 22.5. The molecule has 2 N–H and O–H groups in total. The van der Waals surface area contributed by atoms with Crippen LogP contribution < -0.4 is 15.5 Å². The number of pyridine rings is 1. The normalized spacial score (nSPS) is 16.2. The van der Waals surface area contributed by atoms with E-state index in [0.717, 1.165) is 35.4 Å². The van der Waals surface area contributed by atoms with Crippen molar-refractivity contribution in [1.29, 1.82) is 0 Å². The summed E-state index contributed by atoms with van der Waals surface area (Å²) in [5.74, 6) is 0.227. The van der Waals surface area contributed by atoms with Crippen LogP contribution in [0.1, 0.15) is 24.1 Å². The van der Waals surface area contributed by atoms with Crippen LogP contribution in [0.2, 0.25) is 0 Å². The molecule has 0 unspecified atom stereocenters. The van der Waals surface area contributed by atoms with Crippen LogP contribution in [-0.4, -0.2) is 40.5 Å². The van der Waals surface area contributed by atoms with Crippen LogP contribution in [0.4, 0.5) is 30.6 Å². The Kier molecular flexibility index (Phi) is 5.92. The van der Waals surface area contributed by atoms with Gasteiger partial charge < -0.3 is 15.5 Å². The number of carbonyl (C=O) groups is 1. The van der Waals surface area contributed by atoms with E-state index in [9.17, 15) is 18.0 Å². The number of primary amides is 1. The molecular weight excluding hydrogens is 433 g/mol. The summed E-state index contributed by atoms with van der Waals surface area (Å²) in [6.45, 7) is 2.60. The monoisotopic (exact) mass is 456 g/mol. The number of carbonyl (C=O) groups excluding carboxylic acids is 1. The zero-order valence-electron chi connectivity index (χ0n) is 18.2. The highest BCUT2D eigenvalue weighted by atomic mass is 19.4. The molecule has 172 valence electrons. The van der Waals surface area contributed by atoms with Crippen LogP contribution in [0.3, 0.4) is 0 Å². The van der Waals surface area contributed by atoms with Crippen molar-refractivity contribution in [1.82, 2.24) is 15.0 Å². The number of aromatic nitrogens is 3. The third-order valence-corrected chi connectivity index (χ3v) is 5.64. The number of alkyl halides is 3. The van der Waals surface area contributed by atoms with Gasteiger partial charge in [0, 0.05) is 31.7 Å². The molecule has 1 aliphatic rings. The van der Waals surface area contributed by atoms with Crippen molar-refractivity contribution in [2.75, 3.05) is 23.4 Å². The van der Waals surface area contributed by atoms with E-state index in [2.05, 4.69) is 15.0 Å². The van der Waals surface area contributed by atoms with Crippen molar-refractivity contribution in [3.05, 3.63) is 60.0 Å². The molecule has 0 aliphatic carbocycles. The van der Waals surface area contributed by atoms with Gasteiger partial charge in [-0.15, -0.1) is 0 Å². The van der Waals surface area contributed by atoms with Crippen LogP contribution in [0.15, 0.2) is 48.8 Å². The summed E-state index contributed by atoms with van der Waals surface area (Å²) in [4.78, 5) is 27.3. The molecule has 0 saturated carbocycles. The van der Waals surface area contributed by atoms with Crippen molar-refractivity contribution >= 4 is 23.4 Å². The Hall–Kier alpha value is -3.69. The van der Waals surface area contributed by atoms with Crippen LogP contribution in [0.25, 0.3) is 11.1 Å². The summed E-state index contributed by atoms with van der Waals surface area (Å²) in [5, 5.41) is 0. The number of benzene rings is 1. The Balaban J connectivity index is 1.68. The van der Waals surface area contributed by atoms with Gasteiger partial charge in [0.2, 0.25) is 11.9 Å². The first-order valence-corrected chi connectivity index (χ1v) is 10.4. The molecule has 3 heterocycles. The Morgan fingerprint density at radius 1 is 1.12 bits per heavy atom. The van der Waals surface area contributed by atoms with E-state index in [4.69, 9.17) is 5.73 Å². The lowest BCUT2D eigenvalue weighted by atomic mass is 10.0. The fourth-order valence-electron chi connectivity index (χ4n) is 4.00. The summed E-state index contributed by atoms with van der Waals surface area (Å²) in [6.07, 6.45) is -0.239. The fourth-order valence-corrected chi connectivity index (χ4v) is 4.00. The highest BCUT2D eigenvalue weighted by Gasteiger charge is 2.33. The second kappa shape index (κ2) is 8.68. The van der Waals surface area contributed by atoms with Crippen LogP contribution >= 0.6 is 0 Å². The third-order valence-electron chi connectivity index (χ3n) is 5.64. The zero-order valence-corrected chi connectivity index (χ0v) is 18.2. The lowest BCUT2D eigenvalue weighted by Crippen LogP contribution is -2.40. The van der Waals surface area contributed by atoms with E-state index in [0.29, 0.717) is 24.5 Å². The molecular formula is C23H23F3N6O. The minimum absolute atomic E-state index is 0.0573. The SMILES string of the molecule is Cc1cc(-c2ccnc(N3CCC[C@H]3C(N)=O)c2)cc(N(C)c2nccc(C(F)(F)F)n2)c1. The molecule has 3 aromatic rings. The van der Waals surface area contributed by atoms with Gasteiger partial charge in [0.1, 0.15) is 17.6 Å². The second-order valence-corrected chi connectivity index (χ2v) is 8.01. The van der Waals surface area contributed by atoms with E-state index in [1.807, 2.05) is 42.2 Å². The van der Waals surface area contributed by atoms with Gasteiger partial charge in [-0.05, 0) is 66.8 Å². The van der Waals surface area contributed by atoms with Gasteiger partial charge in [-0.3, -0.25) is 4.79 Å². The number of halogens is 3. The summed E-state index contributed by atoms with van der Waals surface area (Å²) < 4.78 is 39.2. The minimum atomic E-state index is -4.55. The van der Waals surface area contributed by atoms with Crippen LogP contribution in [0, 0.1) is 6.92 Å². The Bertz CT molecular complexity index is 1180. The molecule has 1 saturated heterocycles. The molecule has 2 aromatic heterocycles. The predicted molar refractivity (Wildman–Crippen MR) is 119 cm³/mol. The number of nitrogens with zero attached hydrogens (tertiary/aromatic N) is 5. The molecule has 4 rings (SSSR count). The maximum absolute atomic E-state index is 13.1. The lowest BCUT2D eigenvalue weighted by Gasteiger charge is -2.24. The fraction of sp³-hybridized carbons (Fsp3) is 0.304. The molecule has 1 atom stereocenters. The van der Waals surface area contributed by atoms with E-state index in [1.54, 1.807) is 13.2 Å². The Morgan fingerprint density at radius 2 is 1.88 bits per heavy atom. The van der Waals surface area contributed by atoms with E-state index in [1.165, 1.54) is 4.90 Å². The van der Waals surface area contributed by atoms with Crippen molar-refractivity contribution < 1.29 is 18.0 Å². The van der Waals surface area contributed by atoms with Gasteiger partial charge in [0.15, 0.2) is 0 Å². The topological polar surface area (TPSA) is 88.2 Å². The third kappa shape index (κ3) is 4.74. The van der Waals surface area contributed by atoms with Crippen molar-refractivity contribution in [2.24, 2.45) is 5.73 Å². The highest BCUT2D eigenvalue weighted by Crippen LogP contribution is 2.33. The summed E-state index contributed by atoms with van der Waals surface area (Å²) >= 11 is 0. The lowest BCUT2D eigenvalue weighted by molar-refractivity contribution is -0.141. The molecule has 0 spiro atoms. The standard InChI is InChI=1S/C23H23F3N6O/c1-14-10-16(15-5-7-28-20(13-15)32-9-3-4-18(32)21(27)33)12-17(11-14)31(2)22-29-8-6-19(30-22)23(24,25)26/h5-8,10-13,18H,3-4,9H2,1-2H3,(H2,27,33)/t18-/m0/s1. The molecule has 1 amide bonds. The number of aryl methyl sites for hydroxylation is 1. The molecule has 1 aromatic carbocycles. The molecule has 1 aliphatic heterocycles. The average molecular weight is 456 g/mol. The van der Waals surface area contributed by atoms with Gasteiger partial charge in [0.05, 0.1) is 0 Å². The molecule has 7 nitrogen and oxygen atoms in total.